The highest BCUT2D eigenvalue weighted by Crippen LogP contribution is 2.11. The second-order valence-corrected chi connectivity index (χ2v) is 11.6. The molecule has 0 bridgehead atoms. The summed E-state index contributed by atoms with van der Waals surface area (Å²) in [5.74, 6) is 0. The first-order valence-corrected chi connectivity index (χ1v) is 18.6. The van der Waals surface area contributed by atoms with Crippen molar-refractivity contribution in [1.82, 2.24) is 0 Å². The highest BCUT2D eigenvalue weighted by Gasteiger charge is 1.97. The van der Waals surface area contributed by atoms with Crippen LogP contribution in [-0.4, -0.2) is 110 Å². The molecule has 0 aromatic heterocycles. The van der Waals surface area contributed by atoms with Gasteiger partial charge in [0.05, 0.1) is 92.5 Å². The van der Waals surface area contributed by atoms with Crippen molar-refractivity contribution in [3.8, 4) is 0 Å². The average molecular weight is 719 g/mol. The number of hydrogen-bond acceptors (Lipinski definition) is 8. The van der Waals surface area contributed by atoms with Gasteiger partial charge in [-0.05, 0) is 23.7 Å². The molecule has 0 rings (SSSR count). The van der Waals surface area contributed by atoms with Gasteiger partial charge in [-0.3, -0.25) is 0 Å². The van der Waals surface area contributed by atoms with Crippen LogP contribution in [0.1, 0.15) is 103 Å². The fraction of sp³-hybridized carbons (Fsp3) is 1.00. The average Bonchev–Trinajstić information content (AvgIpc) is 3.00. The standard InChI is InChI=1S/C33H67IO8/c1-2-3-4-5-6-7-8-9-10-12-15-18-35-20-22-37-24-26-39-28-30-41-32-33-42-31-29-40-27-25-38-23-21-36-19-16-13-11-14-17-34/h2-33H2,1H3. The van der Waals surface area contributed by atoms with Gasteiger partial charge in [-0.25, -0.2) is 0 Å². The Labute approximate surface area is 273 Å². The Bertz CT molecular complexity index is 422. The minimum absolute atomic E-state index is 0.553. The highest BCUT2D eigenvalue weighted by atomic mass is 127. The van der Waals surface area contributed by atoms with E-state index in [4.69, 9.17) is 37.9 Å². The third-order valence-corrected chi connectivity index (χ3v) is 7.43. The van der Waals surface area contributed by atoms with Crippen molar-refractivity contribution in [2.24, 2.45) is 0 Å². The van der Waals surface area contributed by atoms with Gasteiger partial charge in [-0.2, -0.15) is 0 Å². The zero-order valence-corrected chi connectivity index (χ0v) is 29.4. The van der Waals surface area contributed by atoms with Crippen molar-refractivity contribution in [1.29, 1.82) is 0 Å². The molecular weight excluding hydrogens is 651 g/mol. The molecule has 0 aliphatic rings. The van der Waals surface area contributed by atoms with Crippen LogP contribution >= 0.6 is 22.6 Å². The van der Waals surface area contributed by atoms with E-state index in [2.05, 4.69) is 29.5 Å². The lowest BCUT2D eigenvalue weighted by Crippen LogP contribution is -2.15. The van der Waals surface area contributed by atoms with Gasteiger partial charge in [0.25, 0.3) is 0 Å². The molecule has 0 spiro atoms. The Morgan fingerprint density at radius 3 is 0.738 bits per heavy atom. The number of unbranched alkanes of at least 4 members (excludes halogenated alkanes) is 13. The van der Waals surface area contributed by atoms with Gasteiger partial charge in [0.15, 0.2) is 0 Å². The predicted molar refractivity (Wildman–Crippen MR) is 180 cm³/mol. The summed E-state index contributed by atoms with van der Waals surface area (Å²) in [6.45, 7) is 12.2. The summed E-state index contributed by atoms with van der Waals surface area (Å²) < 4.78 is 45.6. The molecular formula is C33H67IO8. The van der Waals surface area contributed by atoms with E-state index < -0.39 is 0 Å². The monoisotopic (exact) mass is 718 g/mol. The fourth-order valence-electron chi connectivity index (χ4n) is 4.16. The van der Waals surface area contributed by atoms with Gasteiger partial charge in [-0.15, -0.1) is 0 Å². The van der Waals surface area contributed by atoms with Crippen LogP contribution in [0.3, 0.4) is 0 Å². The van der Waals surface area contributed by atoms with Crippen LogP contribution in [0.25, 0.3) is 0 Å². The first kappa shape index (κ1) is 42.4. The van der Waals surface area contributed by atoms with Gasteiger partial charge in [0, 0.05) is 13.2 Å². The summed E-state index contributed by atoms with van der Waals surface area (Å²) in [5.41, 5.74) is 0. The zero-order valence-electron chi connectivity index (χ0n) is 27.3. The number of ether oxygens (including phenoxy) is 8. The zero-order chi connectivity index (χ0) is 30.3. The molecule has 254 valence electrons. The van der Waals surface area contributed by atoms with E-state index in [0.717, 1.165) is 26.1 Å². The SMILES string of the molecule is CCCCCCCCCCCCCOCCOCCOCCOCCOCCOCCOCCOCCCCCCI. The van der Waals surface area contributed by atoms with Crippen molar-refractivity contribution in [2.75, 3.05) is 110 Å². The molecule has 0 radical (unpaired) electrons. The molecule has 0 saturated heterocycles. The lowest BCUT2D eigenvalue weighted by atomic mass is 10.1. The molecule has 0 heterocycles. The van der Waals surface area contributed by atoms with Crippen molar-refractivity contribution in [3.63, 3.8) is 0 Å². The summed E-state index contributed by atoms with van der Waals surface area (Å²) in [4.78, 5) is 0. The first-order valence-electron chi connectivity index (χ1n) is 17.1. The Morgan fingerprint density at radius 1 is 0.262 bits per heavy atom. The molecule has 0 aromatic rings. The maximum absolute atomic E-state index is 5.66. The highest BCUT2D eigenvalue weighted by molar-refractivity contribution is 14.1. The Balaban J connectivity index is 3.02. The molecule has 0 aliphatic heterocycles. The number of hydrogen-bond donors (Lipinski definition) is 0. The molecule has 0 unspecified atom stereocenters. The second kappa shape index (κ2) is 41.4. The number of halogens is 1. The van der Waals surface area contributed by atoms with Crippen LogP contribution < -0.4 is 0 Å². The molecule has 0 N–H and O–H groups in total. The third-order valence-electron chi connectivity index (χ3n) is 6.67. The van der Waals surface area contributed by atoms with Crippen LogP contribution in [0.4, 0.5) is 0 Å². The molecule has 0 aromatic carbocycles. The van der Waals surface area contributed by atoms with E-state index in [1.165, 1.54) is 87.9 Å². The molecule has 0 atom stereocenters. The molecule has 9 heteroatoms. The van der Waals surface area contributed by atoms with Crippen LogP contribution in [0, 0.1) is 0 Å². The summed E-state index contributed by atoms with van der Waals surface area (Å²) >= 11 is 2.43. The van der Waals surface area contributed by atoms with Crippen molar-refractivity contribution < 1.29 is 37.9 Å². The van der Waals surface area contributed by atoms with Crippen LogP contribution in [0.2, 0.25) is 0 Å². The third kappa shape index (κ3) is 40.4. The molecule has 8 nitrogen and oxygen atoms in total. The first-order chi connectivity index (χ1) is 20.9. The largest absolute Gasteiger partial charge is 0.379 e. The molecule has 0 saturated carbocycles. The summed E-state index contributed by atoms with van der Waals surface area (Å²) in [5, 5.41) is 0. The minimum Gasteiger partial charge on any atom is -0.379 e. The minimum atomic E-state index is 0.553. The summed E-state index contributed by atoms with van der Waals surface area (Å²) in [6.07, 6.45) is 20.0. The predicted octanol–water partition coefficient (Wildman–Crippen LogP) is 7.43. The Hall–Kier alpha value is 0.410. The van der Waals surface area contributed by atoms with Crippen molar-refractivity contribution in [3.05, 3.63) is 0 Å². The lowest BCUT2D eigenvalue weighted by Gasteiger charge is -2.09. The topological polar surface area (TPSA) is 73.8 Å². The van der Waals surface area contributed by atoms with Crippen LogP contribution in [0.5, 0.6) is 0 Å². The van der Waals surface area contributed by atoms with E-state index in [0.29, 0.717) is 92.5 Å². The number of rotatable bonds is 39. The van der Waals surface area contributed by atoms with E-state index in [1.807, 2.05) is 0 Å². The maximum Gasteiger partial charge on any atom is 0.0701 e. The van der Waals surface area contributed by atoms with Crippen molar-refractivity contribution >= 4 is 22.6 Å². The molecule has 0 aliphatic carbocycles. The van der Waals surface area contributed by atoms with Crippen LogP contribution in [0.15, 0.2) is 0 Å². The Kier molecular flexibility index (Phi) is 41.8. The molecule has 42 heavy (non-hydrogen) atoms. The Morgan fingerprint density at radius 2 is 0.476 bits per heavy atom. The normalized spacial score (nSPS) is 11.6. The van der Waals surface area contributed by atoms with Gasteiger partial charge in [-0.1, -0.05) is 107 Å². The van der Waals surface area contributed by atoms with Gasteiger partial charge in [0.1, 0.15) is 0 Å². The quantitative estimate of drug-likeness (QED) is 0.0370. The summed E-state index contributed by atoms with van der Waals surface area (Å²) in [6, 6.07) is 0. The van der Waals surface area contributed by atoms with Crippen LogP contribution in [-0.2, 0) is 37.9 Å². The van der Waals surface area contributed by atoms with E-state index >= 15 is 0 Å². The number of alkyl halides is 1. The van der Waals surface area contributed by atoms with E-state index in [1.54, 1.807) is 0 Å². The van der Waals surface area contributed by atoms with Gasteiger partial charge < -0.3 is 37.9 Å². The summed E-state index contributed by atoms with van der Waals surface area (Å²) in [7, 11) is 0. The molecule has 0 amide bonds. The lowest BCUT2D eigenvalue weighted by molar-refractivity contribution is -0.0232. The van der Waals surface area contributed by atoms with Gasteiger partial charge in [0.2, 0.25) is 0 Å². The van der Waals surface area contributed by atoms with Gasteiger partial charge >= 0.3 is 0 Å². The molecule has 0 fully saturated rings. The maximum atomic E-state index is 5.66. The second-order valence-electron chi connectivity index (χ2n) is 10.5. The van der Waals surface area contributed by atoms with Crippen molar-refractivity contribution in [2.45, 2.75) is 103 Å². The fourth-order valence-corrected chi connectivity index (χ4v) is 4.70. The van der Waals surface area contributed by atoms with E-state index in [-0.39, 0.29) is 0 Å². The smallest absolute Gasteiger partial charge is 0.0701 e. The van der Waals surface area contributed by atoms with E-state index in [9.17, 15) is 0 Å².